The lowest BCUT2D eigenvalue weighted by Crippen LogP contribution is -2.41. The average Bonchev–Trinajstić information content (AvgIpc) is 2.93. The molecule has 0 spiro atoms. The number of hydrogen-bond acceptors (Lipinski definition) is 5. The Hall–Kier alpha value is -3.71. The SMILES string of the molecule is C=CCC[C@H](Cc1ccccc1)C(=O)OC[C@@H](NC(=O)[C@H](CC=C)CC(=O)N[C@@H](C)CO)c1ccccc1. The van der Waals surface area contributed by atoms with Crippen LogP contribution in [0.5, 0.6) is 0 Å². The third-order valence-electron chi connectivity index (χ3n) is 6.22. The maximum atomic E-state index is 13.2. The molecule has 0 aliphatic rings. The topological polar surface area (TPSA) is 105 Å². The molecule has 0 bridgehead atoms. The fourth-order valence-electron chi connectivity index (χ4n) is 4.09. The number of ether oxygens (including phenoxy) is 1. The monoisotopic (exact) mass is 520 g/mol. The zero-order valence-corrected chi connectivity index (χ0v) is 22.2. The molecule has 2 amide bonds. The number of amides is 2. The molecule has 7 heteroatoms. The van der Waals surface area contributed by atoms with Crippen molar-refractivity contribution < 1.29 is 24.2 Å². The summed E-state index contributed by atoms with van der Waals surface area (Å²) in [5.74, 6) is -1.99. The van der Waals surface area contributed by atoms with Gasteiger partial charge in [0.2, 0.25) is 11.8 Å². The van der Waals surface area contributed by atoms with E-state index in [1.165, 1.54) is 0 Å². The summed E-state index contributed by atoms with van der Waals surface area (Å²) in [6.07, 6.45) is 5.49. The zero-order chi connectivity index (χ0) is 27.8. The summed E-state index contributed by atoms with van der Waals surface area (Å²) >= 11 is 0. The van der Waals surface area contributed by atoms with E-state index in [4.69, 9.17) is 4.74 Å². The van der Waals surface area contributed by atoms with Crippen LogP contribution in [-0.4, -0.2) is 42.1 Å². The minimum Gasteiger partial charge on any atom is -0.463 e. The molecule has 0 heterocycles. The largest absolute Gasteiger partial charge is 0.463 e. The first-order valence-corrected chi connectivity index (χ1v) is 13.1. The lowest BCUT2D eigenvalue weighted by Gasteiger charge is -2.24. The van der Waals surface area contributed by atoms with Crippen molar-refractivity contribution in [3.8, 4) is 0 Å². The second kappa shape index (κ2) is 16.9. The standard InChI is InChI=1S/C31H40N2O5/c1-4-6-16-27(19-24-14-9-7-10-15-24)31(37)38-22-28(25-17-11-8-12-18-25)33-30(36)26(13-5-2)20-29(35)32-23(3)21-34/h4-5,7-12,14-15,17-18,23,26-28,34H,1-2,6,13,16,19-22H2,3H3,(H,32,35)(H,33,36)/t23-,26+,27+,28+/m0/s1. The summed E-state index contributed by atoms with van der Waals surface area (Å²) in [7, 11) is 0. The predicted molar refractivity (Wildman–Crippen MR) is 149 cm³/mol. The number of rotatable bonds is 17. The molecule has 0 aromatic heterocycles. The van der Waals surface area contributed by atoms with Crippen molar-refractivity contribution in [1.29, 1.82) is 0 Å². The fraction of sp³-hybridized carbons (Fsp3) is 0.387. The summed E-state index contributed by atoms with van der Waals surface area (Å²) in [6, 6.07) is 18.1. The Morgan fingerprint density at radius 2 is 1.61 bits per heavy atom. The van der Waals surface area contributed by atoms with Crippen molar-refractivity contribution in [1.82, 2.24) is 10.6 Å². The molecule has 4 atom stereocenters. The Balaban J connectivity index is 2.12. The van der Waals surface area contributed by atoms with Crippen molar-refractivity contribution in [3.63, 3.8) is 0 Å². The van der Waals surface area contributed by atoms with Gasteiger partial charge in [-0.1, -0.05) is 72.8 Å². The van der Waals surface area contributed by atoms with Crippen LogP contribution in [-0.2, 0) is 25.5 Å². The van der Waals surface area contributed by atoms with Crippen LogP contribution in [0.25, 0.3) is 0 Å². The molecule has 2 aromatic carbocycles. The summed E-state index contributed by atoms with van der Waals surface area (Å²) in [4.78, 5) is 38.7. The van der Waals surface area contributed by atoms with Gasteiger partial charge in [-0.2, -0.15) is 0 Å². The van der Waals surface area contributed by atoms with E-state index in [9.17, 15) is 19.5 Å². The van der Waals surface area contributed by atoms with E-state index in [-0.39, 0.29) is 43.3 Å². The molecule has 0 aliphatic carbocycles. The van der Waals surface area contributed by atoms with Gasteiger partial charge in [0.15, 0.2) is 0 Å². The molecule has 3 N–H and O–H groups in total. The molecule has 2 aromatic rings. The average molecular weight is 521 g/mol. The first-order chi connectivity index (χ1) is 18.4. The van der Waals surface area contributed by atoms with Crippen molar-refractivity contribution in [2.24, 2.45) is 11.8 Å². The molecule has 0 saturated heterocycles. The van der Waals surface area contributed by atoms with Gasteiger partial charge in [-0.05, 0) is 43.7 Å². The third-order valence-corrected chi connectivity index (χ3v) is 6.22. The van der Waals surface area contributed by atoms with Crippen LogP contribution in [0.1, 0.15) is 49.8 Å². The number of hydrogen-bond donors (Lipinski definition) is 3. The van der Waals surface area contributed by atoms with Crippen LogP contribution in [0.2, 0.25) is 0 Å². The molecule has 0 unspecified atom stereocenters. The number of carbonyl (C=O) groups excluding carboxylic acids is 3. The lowest BCUT2D eigenvalue weighted by atomic mass is 9.95. The van der Waals surface area contributed by atoms with Crippen LogP contribution >= 0.6 is 0 Å². The van der Waals surface area contributed by atoms with E-state index in [1.54, 1.807) is 19.1 Å². The van der Waals surface area contributed by atoms with E-state index in [2.05, 4.69) is 23.8 Å². The van der Waals surface area contributed by atoms with Crippen LogP contribution in [0.4, 0.5) is 0 Å². The van der Waals surface area contributed by atoms with Gasteiger partial charge in [0, 0.05) is 12.5 Å². The summed E-state index contributed by atoms with van der Waals surface area (Å²) < 4.78 is 5.76. The Kier molecular flexibility index (Phi) is 13.6. The molecule has 2 rings (SSSR count). The summed E-state index contributed by atoms with van der Waals surface area (Å²) in [5, 5.41) is 14.8. The predicted octanol–water partition coefficient (Wildman–Crippen LogP) is 4.29. The fourth-order valence-corrected chi connectivity index (χ4v) is 4.09. The molecular weight excluding hydrogens is 480 g/mol. The van der Waals surface area contributed by atoms with Gasteiger partial charge in [0.25, 0.3) is 0 Å². The van der Waals surface area contributed by atoms with Crippen LogP contribution in [0.15, 0.2) is 86.0 Å². The quantitative estimate of drug-likeness (QED) is 0.213. The molecular formula is C31H40N2O5. The highest BCUT2D eigenvalue weighted by Crippen LogP contribution is 2.20. The number of carbonyl (C=O) groups is 3. The van der Waals surface area contributed by atoms with Crippen molar-refractivity contribution in [2.75, 3.05) is 13.2 Å². The van der Waals surface area contributed by atoms with Gasteiger partial charge in [0.1, 0.15) is 6.61 Å². The van der Waals surface area contributed by atoms with Gasteiger partial charge >= 0.3 is 5.97 Å². The number of esters is 1. The summed E-state index contributed by atoms with van der Waals surface area (Å²) in [6.45, 7) is 8.94. The van der Waals surface area contributed by atoms with Crippen molar-refractivity contribution in [2.45, 2.75) is 51.1 Å². The van der Waals surface area contributed by atoms with E-state index >= 15 is 0 Å². The van der Waals surface area contributed by atoms with Crippen molar-refractivity contribution >= 4 is 17.8 Å². The Morgan fingerprint density at radius 3 is 2.21 bits per heavy atom. The number of benzene rings is 2. The van der Waals surface area contributed by atoms with Crippen LogP contribution in [0.3, 0.4) is 0 Å². The smallest absolute Gasteiger partial charge is 0.309 e. The molecule has 0 saturated carbocycles. The molecule has 0 fully saturated rings. The summed E-state index contributed by atoms with van der Waals surface area (Å²) in [5.41, 5.74) is 1.84. The maximum Gasteiger partial charge on any atom is 0.309 e. The van der Waals surface area contributed by atoms with E-state index in [0.29, 0.717) is 25.7 Å². The number of aliphatic hydroxyl groups is 1. The maximum absolute atomic E-state index is 13.2. The minimum absolute atomic E-state index is 0.0392. The van der Waals surface area contributed by atoms with Gasteiger partial charge < -0.3 is 20.5 Å². The highest BCUT2D eigenvalue weighted by atomic mass is 16.5. The molecule has 0 radical (unpaired) electrons. The van der Waals surface area contributed by atoms with Gasteiger partial charge in [-0.15, -0.1) is 13.2 Å². The number of nitrogens with one attached hydrogen (secondary N) is 2. The second-order valence-electron chi connectivity index (χ2n) is 9.43. The molecule has 38 heavy (non-hydrogen) atoms. The Bertz CT molecular complexity index is 1030. The minimum atomic E-state index is -0.654. The Labute approximate surface area is 226 Å². The van der Waals surface area contributed by atoms with Gasteiger partial charge in [-0.3, -0.25) is 14.4 Å². The molecule has 204 valence electrons. The van der Waals surface area contributed by atoms with E-state index in [1.807, 2.05) is 60.7 Å². The van der Waals surface area contributed by atoms with Crippen LogP contribution in [0, 0.1) is 11.8 Å². The highest BCUT2D eigenvalue weighted by molar-refractivity contribution is 5.86. The molecule has 7 nitrogen and oxygen atoms in total. The first-order valence-electron chi connectivity index (χ1n) is 13.1. The van der Waals surface area contributed by atoms with Gasteiger partial charge in [-0.25, -0.2) is 0 Å². The van der Waals surface area contributed by atoms with Crippen LogP contribution < -0.4 is 10.6 Å². The van der Waals surface area contributed by atoms with E-state index in [0.717, 1.165) is 11.1 Å². The zero-order valence-electron chi connectivity index (χ0n) is 22.2. The van der Waals surface area contributed by atoms with Crippen molar-refractivity contribution in [3.05, 3.63) is 97.1 Å². The molecule has 0 aliphatic heterocycles. The highest BCUT2D eigenvalue weighted by Gasteiger charge is 2.27. The third kappa shape index (κ3) is 10.7. The second-order valence-corrected chi connectivity index (χ2v) is 9.43. The van der Waals surface area contributed by atoms with Gasteiger partial charge in [0.05, 0.1) is 24.5 Å². The number of aliphatic hydroxyl groups excluding tert-OH is 1. The normalized spacial score (nSPS) is 13.8. The lowest BCUT2D eigenvalue weighted by molar-refractivity contribution is -0.150. The number of allylic oxidation sites excluding steroid dienone is 2. The van der Waals surface area contributed by atoms with E-state index < -0.39 is 18.0 Å². The Morgan fingerprint density at radius 1 is 0.947 bits per heavy atom. The first kappa shape index (κ1) is 30.5.